The molecule has 1 N–H and O–H groups in total. The summed E-state index contributed by atoms with van der Waals surface area (Å²) in [4.78, 5) is 0. The van der Waals surface area contributed by atoms with Gasteiger partial charge in [0.1, 0.15) is 6.61 Å². The molecule has 20 heavy (non-hydrogen) atoms. The van der Waals surface area contributed by atoms with E-state index in [0.29, 0.717) is 28.7 Å². The molecule has 3 nitrogen and oxygen atoms in total. The molecule has 0 saturated heterocycles. The van der Waals surface area contributed by atoms with Gasteiger partial charge < -0.3 is 14.6 Å². The molecule has 0 aliphatic carbocycles. The molecule has 0 radical (unpaired) electrons. The summed E-state index contributed by atoms with van der Waals surface area (Å²) in [6.45, 7) is 0.203. The van der Waals surface area contributed by atoms with E-state index in [1.807, 2.05) is 24.3 Å². The first-order valence-corrected chi connectivity index (χ1v) is 7.16. The predicted octanol–water partition coefficient (Wildman–Crippen LogP) is 4.18. The molecule has 0 aliphatic rings. The average Bonchev–Trinajstić information content (AvgIpc) is 2.46. The minimum atomic E-state index is -0.164. The third-order valence-electron chi connectivity index (χ3n) is 2.82. The second kappa shape index (κ2) is 6.97. The molecular weight excluding hydrogens is 344 g/mol. The highest BCUT2D eigenvalue weighted by molar-refractivity contribution is 9.10. The summed E-state index contributed by atoms with van der Waals surface area (Å²) in [6.07, 6.45) is 0. The van der Waals surface area contributed by atoms with Gasteiger partial charge in [-0.2, -0.15) is 0 Å². The minimum absolute atomic E-state index is 0.164. The van der Waals surface area contributed by atoms with Crippen LogP contribution in [0.3, 0.4) is 0 Å². The Morgan fingerprint density at radius 3 is 2.60 bits per heavy atom. The smallest absolute Gasteiger partial charge is 0.167 e. The van der Waals surface area contributed by atoms with E-state index in [1.54, 1.807) is 12.1 Å². The highest BCUT2D eigenvalue weighted by atomic mass is 79.9. The number of aliphatic hydroxyl groups excluding tert-OH is 1. The third-order valence-corrected chi connectivity index (χ3v) is 3.81. The highest BCUT2D eigenvalue weighted by Crippen LogP contribution is 2.35. The van der Waals surface area contributed by atoms with Crippen LogP contribution in [0.15, 0.2) is 40.9 Å². The van der Waals surface area contributed by atoms with E-state index in [9.17, 15) is 5.11 Å². The van der Waals surface area contributed by atoms with Crippen molar-refractivity contribution in [1.82, 2.24) is 0 Å². The zero-order valence-corrected chi connectivity index (χ0v) is 13.2. The monoisotopic (exact) mass is 356 g/mol. The zero-order valence-electron chi connectivity index (χ0n) is 10.9. The van der Waals surface area contributed by atoms with Gasteiger partial charge in [0.25, 0.3) is 0 Å². The van der Waals surface area contributed by atoms with Crippen LogP contribution in [-0.4, -0.2) is 12.2 Å². The molecule has 0 spiro atoms. The van der Waals surface area contributed by atoms with Crippen LogP contribution in [0.4, 0.5) is 0 Å². The summed E-state index contributed by atoms with van der Waals surface area (Å²) in [6, 6.07) is 11.1. The van der Waals surface area contributed by atoms with Gasteiger partial charge in [-0.3, -0.25) is 0 Å². The SMILES string of the molecule is COc1cc(Cl)cc(CO)c1OCc1ccccc1Br. The summed E-state index contributed by atoms with van der Waals surface area (Å²) >= 11 is 9.44. The van der Waals surface area contributed by atoms with Crippen LogP contribution in [0.5, 0.6) is 11.5 Å². The normalized spacial score (nSPS) is 10.4. The van der Waals surface area contributed by atoms with Crippen molar-refractivity contribution in [1.29, 1.82) is 0 Å². The predicted molar refractivity (Wildman–Crippen MR) is 82.4 cm³/mol. The molecule has 0 bridgehead atoms. The van der Waals surface area contributed by atoms with Gasteiger partial charge in [-0.15, -0.1) is 0 Å². The largest absolute Gasteiger partial charge is 0.493 e. The van der Waals surface area contributed by atoms with Gasteiger partial charge in [-0.1, -0.05) is 45.7 Å². The van der Waals surface area contributed by atoms with Crippen LogP contribution in [0.1, 0.15) is 11.1 Å². The third kappa shape index (κ3) is 3.45. The number of aliphatic hydroxyl groups is 1. The molecule has 2 aromatic carbocycles. The Morgan fingerprint density at radius 2 is 1.95 bits per heavy atom. The maximum atomic E-state index is 9.41. The highest BCUT2D eigenvalue weighted by Gasteiger charge is 2.13. The number of halogens is 2. The summed E-state index contributed by atoms with van der Waals surface area (Å²) in [5.41, 5.74) is 1.61. The summed E-state index contributed by atoms with van der Waals surface area (Å²) in [5.74, 6) is 1.02. The van der Waals surface area contributed by atoms with Crippen molar-refractivity contribution in [3.63, 3.8) is 0 Å². The second-order valence-corrected chi connectivity index (χ2v) is 5.43. The number of hydrogen-bond donors (Lipinski definition) is 1. The lowest BCUT2D eigenvalue weighted by atomic mass is 10.2. The van der Waals surface area contributed by atoms with Crippen molar-refractivity contribution in [3.8, 4) is 11.5 Å². The number of hydrogen-bond acceptors (Lipinski definition) is 3. The maximum Gasteiger partial charge on any atom is 0.167 e. The van der Waals surface area contributed by atoms with Crippen LogP contribution in [-0.2, 0) is 13.2 Å². The Kier molecular flexibility index (Phi) is 5.29. The van der Waals surface area contributed by atoms with Crippen molar-refractivity contribution in [2.24, 2.45) is 0 Å². The first kappa shape index (κ1) is 15.2. The fourth-order valence-corrected chi connectivity index (χ4v) is 2.45. The summed E-state index contributed by atoms with van der Waals surface area (Å²) in [7, 11) is 1.54. The van der Waals surface area contributed by atoms with Gasteiger partial charge in [0, 0.05) is 26.7 Å². The van der Waals surface area contributed by atoms with Crippen molar-refractivity contribution in [2.75, 3.05) is 7.11 Å². The van der Waals surface area contributed by atoms with Crippen LogP contribution >= 0.6 is 27.5 Å². The second-order valence-electron chi connectivity index (χ2n) is 4.13. The van der Waals surface area contributed by atoms with E-state index < -0.39 is 0 Å². The quantitative estimate of drug-likeness (QED) is 0.872. The van der Waals surface area contributed by atoms with E-state index in [4.69, 9.17) is 21.1 Å². The summed E-state index contributed by atoms with van der Waals surface area (Å²) < 4.78 is 12.0. The minimum Gasteiger partial charge on any atom is -0.493 e. The molecule has 0 fully saturated rings. The van der Waals surface area contributed by atoms with E-state index in [2.05, 4.69) is 15.9 Å². The van der Waals surface area contributed by atoms with Crippen molar-refractivity contribution in [2.45, 2.75) is 13.2 Å². The fourth-order valence-electron chi connectivity index (χ4n) is 1.82. The number of methoxy groups -OCH3 is 1. The lowest BCUT2D eigenvalue weighted by Gasteiger charge is -2.15. The van der Waals surface area contributed by atoms with E-state index in [-0.39, 0.29) is 6.61 Å². The Bertz CT molecular complexity index is 576. The van der Waals surface area contributed by atoms with Gasteiger partial charge in [0.15, 0.2) is 11.5 Å². The van der Waals surface area contributed by atoms with E-state index in [0.717, 1.165) is 10.0 Å². The molecule has 2 rings (SSSR count). The zero-order chi connectivity index (χ0) is 14.5. The molecule has 106 valence electrons. The molecule has 5 heteroatoms. The molecule has 0 aromatic heterocycles. The van der Waals surface area contributed by atoms with Crippen LogP contribution in [0, 0.1) is 0 Å². The lowest BCUT2D eigenvalue weighted by molar-refractivity contribution is 0.249. The van der Waals surface area contributed by atoms with Gasteiger partial charge in [-0.25, -0.2) is 0 Å². The van der Waals surface area contributed by atoms with E-state index >= 15 is 0 Å². The Hall–Kier alpha value is -1.23. The fraction of sp³-hybridized carbons (Fsp3) is 0.200. The standard InChI is InChI=1S/C15H14BrClO3/c1-19-14-7-12(17)6-11(8-18)15(14)20-9-10-4-2-3-5-13(10)16/h2-7,18H,8-9H2,1H3. The van der Waals surface area contributed by atoms with Crippen molar-refractivity contribution in [3.05, 3.63) is 57.0 Å². The average molecular weight is 358 g/mol. The lowest BCUT2D eigenvalue weighted by Crippen LogP contribution is -2.02. The van der Waals surface area contributed by atoms with E-state index in [1.165, 1.54) is 7.11 Å². The molecule has 0 heterocycles. The van der Waals surface area contributed by atoms with Gasteiger partial charge in [0.2, 0.25) is 0 Å². The first-order chi connectivity index (χ1) is 9.65. The summed E-state index contributed by atoms with van der Waals surface area (Å²) in [5, 5.41) is 9.91. The van der Waals surface area contributed by atoms with Crippen molar-refractivity contribution < 1.29 is 14.6 Å². The van der Waals surface area contributed by atoms with Crippen LogP contribution in [0.2, 0.25) is 5.02 Å². The number of ether oxygens (including phenoxy) is 2. The number of benzene rings is 2. The van der Waals surface area contributed by atoms with Crippen molar-refractivity contribution >= 4 is 27.5 Å². The Balaban J connectivity index is 2.27. The number of rotatable bonds is 5. The Labute approximate surface area is 131 Å². The molecule has 0 amide bonds. The van der Waals surface area contributed by atoms with Crippen LogP contribution in [0.25, 0.3) is 0 Å². The van der Waals surface area contributed by atoms with Gasteiger partial charge in [-0.05, 0) is 12.1 Å². The molecule has 0 atom stereocenters. The van der Waals surface area contributed by atoms with Crippen LogP contribution < -0.4 is 9.47 Å². The first-order valence-electron chi connectivity index (χ1n) is 5.99. The molecular formula is C15H14BrClO3. The Morgan fingerprint density at radius 1 is 1.20 bits per heavy atom. The topological polar surface area (TPSA) is 38.7 Å². The van der Waals surface area contributed by atoms with Gasteiger partial charge in [0.05, 0.1) is 13.7 Å². The maximum absolute atomic E-state index is 9.41. The molecule has 0 saturated carbocycles. The van der Waals surface area contributed by atoms with Gasteiger partial charge >= 0.3 is 0 Å². The molecule has 0 unspecified atom stereocenters. The molecule has 2 aromatic rings. The molecule has 0 aliphatic heterocycles.